The average molecular weight is 244 g/mol. The highest BCUT2D eigenvalue weighted by Gasteiger charge is 2.71. The van der Waals surface area contributed by atoms with Gasteiger partial charge in [0, 0.05) is 12.4 Å². The van der Waals surface area contributed by atoms with E-state index in [9.17, 15) is 26.3 Å². The van der Waals surface area contributed by atoms with E-state index in [0.29, 0.717) is 0 Å². The van der Waals surface area contributed by atoms with Crippen LogP contribution in [0.2, 0.25) is 0 Å². The van der Waals surface area contributed by atoms with Crippen molar-refractivity contribution in [1.29, 1.82) is 0 Å². The number of aromatic nitrogens is 2. The third kappa shape index (κ3) is 1.57. The Morgan fingerprint density at radius 1 is 1.12 bits per heavy atom. The summed E-state index contributed by atoms with van der Waals surface area (Å²) in [5.41, 5.74) is -4.16. The van der Waals surface area contributed by atoms with Crippen LogP contribution < -0.4 is 0 Å². The summed E-state index contributed by atoms with van der Waals surface area (Å²) in [5, 5.41) is 0. The first-order valence-corrected chi connectivity index (χ1v) is 3.93. The van der Waals surface area contributed by atoms with Gasteiger partial charge in [-0.3, -0.25) is 0 Å². The molecule has 90 valence electrons. The van der Waals surface area contributed by atoms with Gasteiger partial charge in [-0.05, 0) is 0 Å². The summed E-state index contributed by atoms with van der Waals surface area (Å²) in [4.78, 5) is 4.85. The molecule has 0 atom stereocenters. The van der Waals surface area contributed by atoms with E-state index in [2.05, 4.69) is 11.6 Å². The molecule has 0 aliphatic carbocycles. The zero-order valence-corrected chi connectivity index (χ0v) is 7.65. The maximum Gasteiger partial charge on any atom is 0.413 e. The molecule has 1 rings (SSSR count). The van der Waals surface area contributed by atoms with Crippen molar-refractivity contribution in [2.75, 3.05) is 0 Å². The van der Waals surface area contributed by atoms with E-state index in [1.165, 1.54) is 0 Å². The lowest BCUT2D eigenvalue weighted by Crippen LogP contribution is -2.53. The fraction of sp³-hybridized carbons (Fsp3) is 0.375. The smallest absolute Gasteiger partial charge is 0.347 e. The minimum Gasteiger partial charge on any atom is -0.347 e. The number of hydrogen-bond acceptors (Lipinski definition) is 1. The highest BCUT2D eigenvalue weighted by Crippen LogP contribution is 2.51. The van der Waals surface area contributed by atoms with Crippen LogP contribution >= 0.6 is 0 Å². The molecule has 1 aromatic heterocycles. The van der Waals surface area contributed by atoms with Gasteiger partial charge in [0.25, 0.3) is 0 Å². The lowest BCUT2D eigenvalue weighted by atomic mass is 9.85. The van der Waals surface area contributed by atoms with Gasteiger partial charge in [-0.1, -0.05) is 6.08 Å². The van der Waals surface area contributed by atoms with E-state index in [0.717, 1.165) is 12.4 Å². The predicted molar refractivity (Wildman–Crippen MR) is 42.6 cm³/mol. The van der Waals surface area contributed by atoms with E-state index >= 15 is 0 Å². The largest absolute Gasteiger partial charge is 0.413 e. The summed E-state index contributed by atoms with van der Waals surface area (Å²) in [6.45, 7) is 2.62. The lowest BCUT2D eigenvalue weighted by Gasteiger charge is -2.32. The zero-order chi connectivity index (χ0) is 12.6. The number of aromatic amines is 1. The van der Waals surface area contributed by atoms with Crippen molar-refractivity contribution in [3.8, 4) is 0 Å². The molecule has 0 aliphatic heterocycles. The maximum atomic E-state index is 12.6. The number of alkyl halides is 6. The number of nitrogens with one attached hydrogen (secondary N) is 1. The fourth-order valence-electron chi connectivity index (χ4n) is 1.24. The third-order valence-electron chi connectivity index (χ3n) is 2.07. The Hall–Kier alpha value is -1.47. The fourth-order valence-corrected chi connectivity index (χ4v) is 1.24. The monoisotopic (exact) mass is 244 g/mol. The second kappa shape index (κ2) is 3.53. The number of allylic oxidation sites excluding steroid dienone is 1. The van der Waals surface area contributed by atoms with Crippen molar-refractivity contribution in [3.05, 3.63) is 30.9 Å². The molecule has 0 radical (unpaired) electrons. The average Bonchev–Trinajstić information content (AvgIpc) is 2.53. The van der Waals surface area contributed by atoms with Crippen molar-refractivity contribution >= 4 is 0 Å². The molecule has 16 heavy (non-hydrogen) atoms. The van der Waals surface area contributed by atoms with Crippen LogP contribution in [0.25, 0.3) is 0 Å². The van der Waals surface area contributed by atoms with E-state index in [1.54, 1.807) is 0 Å². The summed E-state index contributed by atoms with van der Waals surface area (Å²) in [6, 6.07) is 0. The van der Waals surface area contributed by atoms with E-state index in [4.69, 9.17) is 0 Å². The quantitative estimate of drug-likeness (QED) is 0.628. The van der Waals surface area contributed by atoms with Crippen LogP contribution in [0.1, 0.15) is 5.82 Å². The van der Waals surface area contributed by atoms with Crippen LogP contribution in [-0.2, 0) is 5.41 Å². The van der Waals surface area contributed by atoms with Gasteiger partial charge in [-0.15, -0.1) is 6.58 Å². The van der Waals surface area contributed by atoms with Gasteiger partial charge in [0.2, 0.25) is 5.41 Å². The predicted octanol–water partition coefficient (Wildman–Crippen LogP) is 2.96. The molecule has 1 N–H and O–H groups in total. The SMILES string of the molecule is C=CC(c1ncc[nH]1)(C(F)(F)F)C(F)(F)F. The third-order valence-corrected chi connectivity index (χ3v) is 2.07. The Labute approximate surface area is 86.0 Å². The molecule has 0 aliphatic rings. The first kappa shape index (κ1) is 12.6. The second-order valence-electron chi connectivity index (χ2n) is 2.95. The van der Waals surface area contributed by atoms with Gasteiger partial charge < -0.3 is 4.98 Å². The maximum absolute atomic E-state index is 12.6. The molecule has 2 nitrogen and oxygen atoms in total. The van der Waals surface area contributed by atoms with Crippen LogP contribution in [0.5, 0.6) is 0 Å². The Bertz CT molecular complexity index is 347. The summed E-state index contributed by atoms with van der Waals surface area (Å²) in [6.07, 6.45) is -9.64. The second-order valence-corrected chi connectivity index (χ2v) is 2.95. The summed E-state index contributed by atoms with van der Waals surface area (Å²) in [5.74, 6) is -1.25. The van der Waals surface area contributed by atoms with Crippen molar-refractivity contribution in [3.63, 3.8) is 0 Å². The van der Waals surface area contributed by atoms with Crippen LogP contribution in [0.3, 0.4) is 0 Å². The van der Waals surface area contributed by atoms with Gasteiger partial charge in [-0.25, -0.2) is 4.98 Å². The number of nitrogens with zero attached hydrogens (tertiary/aromatic N) is 1. The molecule has 0 saturated heterocycles. The van der Waals surface area contributed by atoms with Gasteiger partial charge >= 0.3 is 12.4 Å². The Morgan fingerprint density at radius 2 is 1.62 bits per heavy atom. The molecule has 0 fully saturated rings. The van der Waals surface area contributed by atoms with Crippen molar-refractivity contribution in [1.82, 2.24) is 9.97 Å². The van der Waals surface area contributed by atoms with Gasteiger partial charge in [0.1, 0.15) is 5.82 Å². The Morgan fingerprint density at radius 3 is 1.88 bits per heavy atom. The first-order chi connectivity index (χ1) is 7.17. The minimum atomic E-state index is -5.56. The highest BCUT2D eigenvalue weighted by atomic mass is 19.4. The van der Waals surface area contributed by atoms with Crippen molar-refractivity contribution < 1.29 is 26.3 Å². The standard InChI is InChI=1S/C8H6F6N2/c1-2-6(7(9,10)11,8(12,13)14)5-15-3-4-16-5/h2-4H,1H2,(H,15,16). The molecule has 8 heteroatoms. The van der Waals surface area contributed by atoms with Crippen LogP contribution in [0, 0.1) is 0 Å². The molecule has 0 spiro atoms. The normalized spacial score (nSPS) is 13.9. The number of halogens is 6. The van der Waals surface area contributed by atoms with Gasteiger partial charge in [0.15, 0.2) is 0 Å². The van der Waals surface area contributed by atoms with E-state index in [1.807, 2.05) is 4.98 Å². The van der Waals surface area contributed by atoms with E-state index < -0.39 is 23.6 Å². The van der Waals surface area contributed by atoms with Gasteiger partial charge in [0.05, 0.1) is 0 Å². The van der Waals surface area contributed by atoms with E-state index in [-0.39, 0.29) is 6.08 Å². The summed E-state index contributed by atoms with van der Waals surface area (Å²) in [7, 11) is 0. The molecule has 0 aromatic carbocycles. The number of hydrogen-bond donors (Lipinski definition) is 1. The van der Waals surface area contributed by atoms with Gasteiger partial charge in [-0.2, -0.15) is 26.3 Å². The molecule has 0 amide bonds. The summed E-state index contributed by atoms with van der Waals surface area (Å²) >= 11 is 0. The summed E-state index contributed by atoms with van der Waals surface area (Å²) < 4.78 is 75.5. The number of imidazole rings is 1. The molecule has 0 saturated carbocycles. The van der Waals surface area contributed by atoms with Crippen molar-refractivity contribution in [2.24, 2.45) is 0 Å². The van der Waals surface area contributed by atoms with Crippen LogP contribution in [0.4, 0.5) is 26.3 Å². The Balaban J connectivity index is 3.50. The Kier molecular flexibility index (Phi) is 2.78. The topological polar surface area (TPSA) is 28.7 Å². The van der Waals surface area contributed by atoms with Crippen LogP contribution in [0.15, 0.2) is 25.0 Å². The number of rotatable bonds is 2. The number of H-pyrrole nitrogens is 1. The van der Waals surface area contributed by atoms with Crippen LogP contribution in [-0.4, -0.2) is 22.3 Å². The molecular formula is C8H6F6N2. The molecule has 1 heterocycles. The molecule has 0 bridgehead atoms. The van der Waals surface area contributed by atoms with Crippen molar-refractivity contribution in [2.45, 2.75) is 17.8 Å². The minimum absolute atomic E-state index is 0.203. The lowest BCUT2D eigenvalue weighted by molar-refractivity contribution is -0.288. The zero-order valence-electron chi connectivity index (χ0n) is 7.65. The molecule has 1 aromatic rings. The first-order valence-electron chi connectivity index (χ1n) is 3.93. The molecular weight excluding hydrogens is 238 g/mol. The molecule has 0 unspecified atom stereocenters. The highest BCUT2D eigenvalue weighted by molar-refractivity contribution is 5.25.